The van der Waals surface area contributed by atoms with Crippen LogP contribution in [0.25, 0.3) is 0 Å². The highest BCUT2D eigenvalue weighted by Crippen LogP contribution is 2.17. The fraction of sp³-hybridized carbons (Fsp3) is 0.643. The van der Waals surface area contributed by atoms with E-state index in [2.05, 4.69) is 30.2 Å². The molecule has 2 nitrogen and oxygen atoms in total. The summed E-state index contributed by atoms with van der Waals surface area (Å²) in [5, 5.41) is 4.05. The summed E-state index contributed by atoms with van der Waals surface area (Å²) in [6.45, 7) is 6.44. The monoisotopic (exact) mass is 254 g/mol. The van der Waals surface area contributed by atoms with Crippen molar-refractivity contribution >= 4 is 17.3 Å². The molecule has 1 heterocycles. The molecule has 0 aliphatic rings. The zero-order chi connectivity index (χ0) is 12.7. The number of hydrogen-bond acceptors (Lipinski definition) is 2. The number of halogens is 1. The molecule has 1 atom stereocenters. The van der Waals surface area contributed by atoms with Crippen molar-refractivity contribution in [1.29, 1.82) is 0 Å². The van der Waals surface area contributed by atoms with Gasteiger partial charge in [0.05, 0.1) is 11.9 Å². The van der Waals surface area contributed by atoms with E-state index in [9.17, 15) is 0 Å². The number of anilines is 1. The van der Waals surface area contributed by atoms with Crippen molar-refractivity contribution in [3.63, 3.8) is 0 Å². The Morgan fingerprint density at radius 1 is 1.35 bits per heavy atom. The first-order valence-corrected chi connectivity index (χ1v) is 6.90. The summed E-state index contributed by atoms with van der Waals surface area (Å²) in [6.07, 6.45) is 8.28. The van der Waals surface area contributed by atoms with E-state index in [-0.39, 0.29) is 0 Å². The van der Waals surface area contributed by atoms with Crippen molar-refractivity contribution in [3.05, 3.63) is 23.0 Å². The third kappa shape index (κ3) is 5.40. The number of pyridine rings is 1. The van der Waals surface area contributed by atoms with Crippen molar-refractivity contribution in [3.8, 4) is 0 Å². The predicted molar refractivity (Wildman–Crippen MR) is 75.8 cm³/mol. The zero-order valence-electron chi connectivity index (χ0n) is 11.1. The maximum atomic E-state index is 5.90. The number of rotatable bonds is 7. The molecule has 0 spiro atoms. The largest absolute Gasteiger partial charge is 0.381 e. The van der Waals surface area contributed by atoms with E-state index in [0.29, 0.717) is 11.2 Å². The molecule has 17 heavy (non-hydrogen) atoms. The average molecular weight is 255 g/mol. The van der Waals surface area contributed by atoms with Crippen molar-refractivity contribution in [2.24, 2.45) is 0 Å². The van der Waals surface area contributed by atoms with Gasteiger partial charge in [-0.2, -0.15) is 0 Å². The van der Waals surface area contributed by atoms with Gasteiger partial charge in [0.1, 0.15) is 5.15 Å². The first kappa shape index (κ1) is 14.3. The predicted octanol–water partition coefficient (Wildman–Crippen LogP) is 4.81. The Labute approximate surface area is 110 Å². The molecule has 1 rings (SSSR count). The molecule has 1 N–H and O–H groups in total. The second kappa shape index (κ2) is 7.54. The summed E-state index contributed by atoms with van der Waals surface area (Å²) >= 11 is 5.90. The summed E-state index contributed by atoms with van der Waals surface area (Å²) < 4.78 is 0. The maximum Gasteiger partial charge on any atom is 0.132 e. The Morgan fingerprint density at radius 2 is 2.12 bits per heavy atom. The first-order chi connectivity index (χ1) is 8.13. The van der Waals surface area contributed by atoms with Crippen molar-refractivity contribution < 1.29 is 0 Å². The highest BCUT2D eigenvalue weighted by Gasteiger charge is 2.03. The van der Waals surface area contributed by atoms with Crippen LogP contribution in [0.4, 0.5) is 5.69 Å². The van der Waals surface area contributed by atoms with Gasteiger partial charge in [0.15, 0.2) is 0 Å². The molecule has 0 aliphatic heterocycles. The lowest BCUT2D eigenvalue weighted by molar-refractivity contribution is 0.594. The summed E-state index contributed by atoms with van der Waals surface area (Å²) in [7, 11) is 0. The van der Waals surface area contributed by atoms with Crippen LogP contribution >= 0.6 is 11.6 Å². The third-order valence-corrected chi connectivity index (χ3v) is 3.31. The molecule has 0 saturated carbocycles. The van der Waals surface area contributed by atoms with Gasteiger partial charge in [-0.25, -0.2) is 4.98 Å². The molecular formula is C14H23ClN2. The molecule has 0 amide bonds. The Kier molecular flexibility index (Phi) is 6.35. The maximum absolute atomic E-state index is 5.90. The molecule has 0 aromatic carbocycles. The quantitative estimate of drug-likeness (QED) is 0.558. The van der Waals surface area contributed by atoms with Gasteiger partial charge in [-0.1, -0.05) is 44.2 Å². The van der Waals surface area contributed by atoms with Gasteiger partial charge in [0.2, 0.25) is 0 Å². The second-order valence-electron chi connectivity index (χ2n) is 4.73. The SMILES string of the molecule is CCCCCCC(C)Nc1cnc(Cl)c(C)c1. The van der Waals surface area contributed by atoms with Gasteiger partial charge in [-0.3, -0.25) is 0 Å². The van der Waals surface area contributed by atoms with Crippen LogP contribution in [0.15, 0.2) is 12.3 Å². The van der Waals surface area contributed by atoms with Crippen LogP contribution in [0.3, 0.4) is 0 Å². The highest BCUT2D eigenvalue weighted by atomic mass is 35.5. The Hall–Kier alpha value is -0.760. The smallest absolute Gasteiger partial charge is 0.132 e. The van der Waals surface area contributed by atoms with Gasteiger partial charge < -0.3 is 5.32 Å². The zero-order valence-corrected chi connectivity index (χ0v) is 11.8. The van der Waals surface area contributed by atoms with Crippen LogP contribution in [-0.4, -0.2) is 11.0 Å². The lowest BCUT2D eigenvalue weighted by atomic mass is 10.1. The summed E-state index contributed by atoms with van der Waals surface area (Å²) in [5.74, 6) is 0. The normalized spacial score (nSPS) is 12.5. The van der Waals surface area contributed by atoms with Gasteiger partial charge in [-0.05, 0) is 31.9 Å². The van der Waals surface area contributed by atoms with Crippen LogP contribution < -0.4 is 5.32 Å². The van der Waals surface area contributed by atoms with Crippen LogP contribution in [0, 0.1) is 6.92 Å². The molecule has 3 heteroatoms. The van der Waals surface area contributed by atoms with E-state index in [1.165, 1.54) is 32.1 Å². The van der Waals surface area contributed by atoms with Gasteiger partial charge in [0.25, 0.3) is 0 Å². The molecule has 0 aliphatic carbocycles. The second-order valence-corrected chi connectivity index (χ2v) is 5.08. The molecule has 0 saturated heterocycles. The van der Waals surface area contributed by atoms with E-state index in [1.54, 1.807) is 6.20 Å². The van der Waals surface area contributed by atoms with Crippen LogP contribution in [-0.2, 0) is 0 Å². The van der Waals surface area contributed by atoms with Crippen molar-refractivity contribution in [2.75, 3.05) is 5.32 Å². The molecule has 0 bridgehead atoms. The third-order valence-electron chi connectivity index (χ3n) is 2.92. The number of unbranched alkanes of at least 4 members (excludes halogenated alkanes) is 3. The van der Waals surface area contributed by atoms with E-state index < -0.39 is 0 Å². The molecule has 1 aromatic heterocycles. The van der Waals surface area contributed by atoms with E-state index in [4.69, 9.17) is 11.6 Å². The molecule has 1 unspecified atom stereocenters. The van der Waals surface area contributed by atoms with Crippen LogP contribution in [0.1, 0.15) is 51.5 Å². The number of nitrogens with one attached hydrogen (secondary N) is 1. The molecular weight excluding hydrogens is 232 g/mol. The fourth-order valence-electron chi connectivity index (χ4n) is 1.87. The number of aryl methyl sites for hydroxylation is 1. The van der Waals surface area contributed by atoms with Crippen LogP contribution in [0.5, 0.6) is 0 Å². The lowest BCUT2D eigenvalue weighted by Crippen LogP contribution is -2.15. The lowest BCUT2D eigenvalue weighted by Gasteiger charge is -2.15. The van der Waals surface area contributed by atoms with Crippen LogP contribution in [0.2, 0.25) is 5.15 Å². The van der Waals surface area contributed by atoms with Crippen molar-refractivity contribution in [1.82, 2.24) is 4.98 Å². The topological polar surface area (TPSA) is 24.9 Å². The average Bonchev–Trinajstić information content (AvgIpc) is 2.30. The minimum Gasteiger partial charge on any atom is -0.381 e. The van der Waals surface area contributed by atoms with Gasteiger partial charge in [0, 0.05) is 6.04 Å². The molecule has 0 radical (unpaired) electrons. The Bertz CT molecular complexity index is 339. The van der Waals surface area contributed by atoms with E-state index >= 15 is 0 Å². The fourth-order valence-corrected chi connectivity index (χ4v) is 1.97. The molecule has 1 aromatic rings. The van der Waals surface area contributed by atoms with Gasteiger partial charge in [-0.15, -0.1) is 0 Å². The number of nitrogens with zero attached hydrogens (tertiary/aromatic N) is 1. The minimum absolute atomic E-state index is 0.495. The summed E-state index contributed by atoms with van der Waals surface area (Å²) in [5.41, 5.74) is 2.09. The number of hydrogen-bond donors (Lipinski definition) is 1. The molecule has 0 fully saturated rings. The van der Waals surface area contributed by atoms with Gasteiger partial charge >= 0.3 is 0 Å². The number of aromatic nitrogens is 1. The first-order valence-electron chi connectivity index (χ1n) is 6.52. The molecule has 96 valence electrons. The Morgan fingerprint density at radius 3 is 2.76 bits per heavy atom. The van der Waals surface area contributed by atoms with E-state index in [0.717, 1.165) is 11.3 Å². The standard InChI is InChI=1S/C14H23ClN2/c1-4-5-6-7-8-12(3)17-13-9-11(2)14(15)16-10-13/h9-10,12,17H,4-8H2,1-3H3. The van der Waals surface area contributed by atoms with E-state index in [1.807, 2.05) is 6.92 Å². The Balaban J connectivity index is 2.34. The summed E-state index contributed by atoms with van der Waals surface area (Å²) in [6, 6.07) is 2.55. The highest BCUT2D eigenvalue weighted by molar-refractivity contribution is 6.30. The summed E-state index contributed by atoms with van der Waals surface area (Å²) in [4.78, 5) is 4.14. The minimum atomic E-state index is 0.495. The van der Waals surface area contributed by atoms with Crippen molar-refractivity contribution in [2.45, 2.75) is 58.9 Å².